The van der Waals surface area contributed by atoms with Crippen LogP contribution >= 0.6 is 0 Å². The van der Waals surface area contributed by atoms with Gasteiger partial charge in [0.05, 0.1) is 6.61 Å². The Hall–Kier alpha value is -1.27. The van der Waals surface area contributed by atoms with Crippen LogP contribution in [-0.2, 0) is 14.3 Å². The van der Waals surface area contributed by atoms with Gasteiger partial charge in [-0.2, -0.15) is 13.2 Å². The smallest absolute Gasteiger partial charge is 0.406 e. The molecule has 0 bridgehead atoms. The molecule has 0 heterocycles. The number of amides is 1. The van der Waals surface area contributed by atoms with E-state index in [2.05, 4.69) is 4.74 Å². The van der Waals surface area contributed by atoms with Gasteiger partial charge in [-0.15, -0.1) is 0 Å². The third kappa shape index (κ3) is 5.24. The minimum absolute atomic E-state index is 0.0475. The molecule has 4 nitrogen and oxygen atoms in total. The lowest BCUT2D eigenvalue weighted by Crippen LogP contribution is -2.43. The lowest BCUT2D eigenvalue weighted by Gasteiger charge is -2.20. The van der Waals surface area contributed by atoms with Crippen LogP contribution in [0.4, 0.5) is 13.2 Å². The standard InChI is InChI=1S/C8H12F3NO3/c1-3-12(5-8(9,10)11)6(13)7(14)15-4-2/h3-5H2,1-2H3. The van der Waals surface area contributed by atoms with Crippen molar-refractivity contribution in [2.24, 2.45) is 0 Å². The van der Waals surface area contributed by atoms with Crippen LogP contribution in [0, 0.1) is 0 Å². The zero-order valence-corrected chi connectivity index (χ0v) is 8.43. The maximum Gasteiger partial charge on any atom is 0.406 e. The topological polar surface area (TPSA) is 46.6 Å². The summed E-state index contributed by atoms with van der Waals surface area (Å²) in [5, 5.41) is 0. The van der Waals surface area contributed by atoms with Crippen LogP contribution in [0.3, 0.4) is 0 Å². The van der Waals surface area contributed by atoms with Crippen molar-refractivity contribution in [3.05, 3.63) is 0 Å². The number of alkyl halides is 3. The highest BCUT2D eigenvalue weighted by atomic mass is 19.4. The number of rotatable bonds is 3. The number of hydrogen-bond donors (Lipinski definition) is 0. The summed E-state index contributed by atoms with van der Waals surface area (Å²) in [4.78, 5) is 22.3. The van der Waals surface area contributed by atoms with Crippen LogP contribution in [-0.4, -0.2) is 42.6 Å². The summed E-state index contributed by atoms with van der Waals surface area (Å²) in [6.45, 7) is 1.13. The summed E-state index contributed by atoms with van der Waals surface area (Å²) in [5.41, 5.74) is 0. The molecule has 0 aromatic rings. The van der Waals surface area contributed by atoms with E-state index < -0.39 is 24.6 Å². The second-order valence-corrected chi connectivity index (χ2v) is 2.65. The van der Waals surface area contributed by atoms with E-state index in [4.69, 9.17) is 0 Å². The van der Waals surface area contributed by atoms with Crippen molar-refractivity contribution in [1.82, 2.24) is 4.90 Å². The third-order valence-corrected chi connectivity index (χ3v) is 1.49. The zero-order valence-electron chi connectivity index (χ0n) is 8.43. The number of ether oxygens (including phenoxy) is 1. The first kappa shape index (κ1) is 13.7. The Labute approximate surface area is 85.0 Å². The molecular formula is C8H12F3NO3. The number of likely N-dealkylation sites (N-methyl/N-ethyl adjacent to an activating group) is 1. The predicted molar refractivity (Wildman–Crippen MR) is 44.9 cm³/mol. The molecule has 1 amide bonds. The molecule has 0 aromatic heterocycles. The fraction of sp³-hybridized carbons (Fsp3) is 0.750. The molecule has 0 atom stereocenters. The van der Waals surface area contributed by atoms with Crippen molar-refractivity contribution < 1.29 is 27.5 Å². The molecule has 0 fully saturated rings. The van der Waals surface area contributed by atoms with E-state index in [-0.39, 0.29) is 13.2 Å². The first-order chi connectivity index (χ1) is 6.81. The number of carbonyl (C=O) groups excluding carboxylic acids is 2. The van der Waals surface area contributed by atoms with Crippen LogP contribution in [0.5, 0.6) is 0 Å². The minimum atomic E-state index is -4.52. The van der Waals surface area contributed by atoms with Gasteiger partial charge in [0.25, 0.3) is 0 Å². The van der Waals surface area contributed by atoms with Crippen LogP contribution in [0.25, 0.3) is 0 Å². The molecule has 0 N–H and O–H groups in total. The van der Waals surface area contributed by atoms with Gasteiger partial charge in [-0.25, -0.2) is 4.79 Å². The second kappa shape index (κ2) is 5.57. The van der Waals surface area contributed by atoms with Crippen molar-refractivity contribution >= 4 is 11.9 Å². The molecule has 7 heteroatoms. The highest BCUT2D eigenvalue weighted by Crippen LogP contribution is 2.16. The number of hydrogen-bond acceptors (Lipinski definition) is 3. The minimum Gasteiger partial charge on any atom is -0.459 e. The largest absolute Gasteiger partial charge is 0.459 e. The summed E-state index contributed by atoms with van der Waals surface area (Å²) in [7, 11) is 0. The Bertz CT molecular complexity index is 240. The SMILES string of the molecule is CCOC(=O)C(=O)N(CC)CC(F)(F)F. The Morgan fingerprint density at radius 1 is 1.27 bits per heavy atom. The molecule has 0 spiro atoms. The van der Waals surface area contributed by atoms with Gasteiger partial charge < -0.3 is 9.64 Å². The molecule has 0 unspecified atom stereocenters. The molecule has 0 aromatic carbocycles. The van der Waals surface area contributed by atoms with E-state index in [0.717, 1.165) is 0 Å². The van der Waals surface area contributed by atoms with Gasteiger partial charge in [-0.05, 0) is 13.8 Å². The lowest BCUT2D eigenvalue weighted by atomic mass is 10.4. The summed E-state index contributed by atoms with van der Waals surface area (Å²) < 4.78 is 40.2. The van der Waals surface area contributed by atoms with Crippen LogP contribution < -0.4 is 0 Å². The highest BCUT2D eigenvalue weighted by molar-refractivity contribution is 6.32. The fourth-order valence-electron chi connectivity index (χ4n) is 0.866. The van der Waals surface area contributed by atoms with Crippen molar-refractivity contribution in [2.45, 2.75) is 20.0 Å². The van der Waals surface area contributed by atoms with E-state index in [1.807, 2.05) is 0 Å². The molecule has 0 aliphatic heterocycles. The van der Waals surface area contributed by atoms with Gasteiger partial charge in [0.2, 0.25) is 0 Å². The predicted octanol–water partition coefficient (Wildman–Crippen LogP) is 0.960. The van der Waals surface area contributed by atoms with E-state index in [9.17, 15) is 22.8 Å². The maximum atomic E-state index is 12.0. The van der Waals surface area contributed by atoms with Crippen LogP contribution in [0.1, 0.15) is 13.8 Å². The van der Waals surface area contributed by atoms with Crippen LogP contribution in [0.15, 0.2) is 0 Å². The first-order valence-electron chi connectivity index (χ1n) is 4.34. The molecule has 0 aliphatic rings. The van der Waals surface area contributed by atoms with Gasteiger partial charge >= 0.3 is 18.1 Å². The van der Waals surface area contributed by atoms with E-state index in [1.165, 1.54) is 13.8 Å². The average Bonchev–Trinajstić information content (AvgIpc) is 2.12. The van der Waals surface area contributed by atoms with E-state index in [0.29, 0.717) is 4.90 Å². The third-order valence-electron chi connectivity index (χ3n) is 1.49. The van der Waals surface area contributed by atoms with Crippen molar-refractivity contribution in [3.8, 4) is 0 Å². The van der Waals surface area contributed by atoms with Gasteiger partial charge in [-0.3, -0.25) is 4.79 Å². The fourth-order valence-corrected chi connectivity index (χ4v) is 0.866. The number of halogens is 3. The zero-order chi connectivity index (χ0) is 12.1. The molecule has 0 saturated heterocycles. The van der Waals surface area contributed by atoms with Crippen molar-refractivity contribution in [3.63, 3.8) is 0 Å². The Morgan fingerprint density at radius 2 is 1.80 bits per heavy atom. The highest BCUT2D eigenvalue weighted by Gasteiger charge is 2.34. The summed E-state index contributed by atoms with van der Waals surface area (Å²) in [6.07, 6.45) is -4.52. The Morgan fingerprint density at radius 3 is 2.13 bits per heavy atom. The monoisotopic (exact) mass is 227 g/mol. The van der Waals surface area contributed by atoms with Gasteiger partial charge in [0, 0.05) is 6.54 Å². The number of nitrogens with zero attached hydrogens (tertiary/aromatic N) is 1. The molecule has 0 radical (unpaired) electrons. The quantitative estimate of drug-likeness (QED) is 0.533. The van der Waals surface area contributed by atoms with Gasteiger partial charge in [0.15, 0.2) is 0 Å². The molecule has 88 valence electrons. The van der Waals surface area contributed by atoms with E-state index >= 15 is 0 Å². The lowest BCUT2D eigenvalue weighted by molar-refractivity contribution is -0.171. The van der Waals surface area contributed by atoms with Crippen LogP contribution in [0.2, 0.25) is 0 Å². The Balaban J connectivity index is 4.41. The molecular weight excluding hydrogens is 215 g/mol. The molecule has 0 saturated carbocycles. The molecule has 0 rings (SSSR count). The van der Waals surface area contributed by atoms with Gasteiger partial charge in [-0.1, -0.05) is 0 Å². The van der Waals surface area contributed by atoms with Crippen molar-refractivity contribution in [2.75, 3.05) is 19.7 Å². The normalized spacial score (nSPS) is 11.0. The van der Waals surface area contributed by atoms with Gasteiger partial charge in [0.1, 0.15) is 6.54 Å². The maximum absolute atomic E-state index is 12.0. The summed E-state index contributed by atoms with van der Waals surface area (Å²) >= 11 is 0. The summed E-state index contributed by atoms with van der Waals surface area (Å²) in [6, 6.07) is 0. The average molecular weight is 227 g/mol. The van der Waals surface area contributed by atoms with E-state index in [1.54, 1.807) is 0 Å². The molecule has 0 aliphatic carbocycles. The number of esters is 1. The first-order valence-corrected chi connectivity index (χ1v) is 4.34. The number of carbonyl (C=O) groups is 2. The van der Waals surface area contributed by atoms with Crippen molar-refractivity contribution in [1.29, 1.82) is 0 Å². The Kier molecular flexibility index (Phi) is 5.10. The summed E-state index contributed by atoms with van der Waals surface area (Å²) in [5.74, 6) is -2.53. The molecule has 15 heavy (non-hydrogen) atoms. The second-order valence-electron chi connectivity index (χ2n) is 2.65.